The van der Waals surface area contributed by atoms with Crippen molar-refractivity contribution >= 4 is 33.7 Å². The fourth-order valence-electron chi connectivity index (χ4n) is 1.35. The van der Waals surface area contributed by atoms with E-state index >= 15 is 0 Å². The summed E-state index contributed by atoms with van der Waals surface area (Å²) < 4.78 is 4.94. The number of nitrogens with two attached hydrogens (primary N) is 1. The van der Waals surface area contributed by atoms with Crippen molar-refractivity contribution in [3.8, 4) is 0 Å². The van der Waals surface area contributed by atoms with Crippen LogP contribution in [0.4, 0.5) is 5.69 Å². The minimum absolute atomic E-state index is 0.349. The number of allylic oxidation sites excluding steroid dienone is 1. The second-order valence-electron chi connectivity index (χ2n) is 3.45. The van der Waals surface area contributed by atoms with E-state index in [0.29, 0.717) is 17.9 Å². The normalized spacial score (nSPS) is 10.7. The summed E-state index contributed by atoms with van der Waals surface area (Å²) in [4.78, 5) is 11.6. The summed E-state index contributed by atoms with van der Waals surface area (Å²) in [5.41, 5.74) is 7.56. The van der Waals surface area contributed by atoms with Gasteiger partial charge in [-0.1, -0.05) is 34.1 Å². The smallest absolute Gasteiger partial charge is 0.340 e. The van der Waals surface area contributed by atoms with E-state index in [-0.39, 0.29) is 5.97 Å². The quantitative estimate of drug-likeness (QED) is 0.516. The number of hydrogen-bond acceptors (Lipinski definition) is 3. The van der Waals surface area contributed by atoms with Crippen LogP contribution in [0.1, 0.15) is 29.3 Å². The van der Waals surface area contributed by atoms with Crippen molar-refractivity contribution in [2.75, 3.05) is 17.7 Å². The van der Waals surface area contributed by atoms with Crippen LogP contribution in [0.2, 0.25) is 0 Å². The zero-order valence-electron chi connectivity index (χ0n) is 9.78. The van der Waals surface area contributed by atoms with Crippen LogP contribution in [0, 0.1) is 0 Å². The molecule has 0 aliphatic carbocycles. The fraction of sp³-hybridized carbons (Fsp3) is 0.308. The first-order valence-electron chi connectivity index (χ1n) is 5.48. The standard InChI is InChI=1S/C13H16BrNO2/c1-2-17-13(16)11-9-10(5-3-4-8-14)6-7-12(11)15/h3,5-7,9H,2,4,8,15H2,1H3. The Bertz CT molecular complexity index is 416. The van der Waals surface area contributed by atoms with E-state index in [2.05, 4.69) is 15.9 Å². The highest BCUT2D eigenvalue weighted by Crippen LogP contribution is 2.16. The Labute approximate surface area is 110 Å². The van der Waals surface area contributed by atoms with Crippen molar-refractivity contribution in [3.05, 3.63) is 35.4 Å². The number of halogens is 1. The van der Waals surface area contributed by atoms with Gasteiger partial charge in [0, 0.05) is 11.0 Å². The predicted octanol–water partition coefficient (Wildman–Crippen LogP) is 3.24. The molecule has 1 aromatic carbocycles. The number of carbonyl (C=O) groups excluding carboxylic acids is 1. The van der Waals surface area contributed by atoms with Crippen molar-refractivity contribution in [1.29, 1.82) is 0 Å². The number of carbonyl (C=O) groups is 1. The SMILES string of the molecule is CCOC(=O)c1cc(C=CCCBr)ccc1N. The lowest BCUT2D eigenvalue weighted by molar-refractivity contribution is 0.0527. The Morgan fingerprint density at radius 3 is 2.94 bits per heavy atom. The van der Waals surface area contributed by atoms with Crippen LogP contribution in [0.25, 0.3) is 6.08 Å². The third-order valence-electron chi connectivity index (χ3n) is 2.16. The summed E-state index contributed by atoms with van der Waals surface area (Å²) in [6.07, 6.45) is 4.94. The van der Waals surface area contributed by atoms with Crippen molar-refractivity contribution in [1.82, 2.24) is 0 Å². The molecule has 17 heavy (non-hydrogen) atoms. The molecule has 0 aromatic heterocycles. The van der Waals surface area contributed by atoms with Gasteiger partial charge in [-0.2, -0.15) is 0 Å². The first-order valence-corrected chi connectivity index (χ1v) is 6.60. The Balaban J connectivity index is 2.90. The molecule has 0 amide bonds. The second-order valence-corrected chi connectivity index (χ2v) is 4.24. The highest BCUT2D eigenvalue weighted by Gasteiger charge is 2.10. The molecule has 0 fully saturated rings. The molecule has 3 nitrogen and oxygen atoms in total. The molecule has 2 N–H and O–H groups in total. The van der Waals surface area contributed by atoms with Crippen molar-refractivity contribution in [2.24, 2.45) is 0 Å². The summed E-state index contributed by atoms with van der Waals surface area (Å²) in [5, 5.41) is 0.920. The first-order chi connectivity index (χ1) is 8.19. The van der Waals surface area contributed by atoms with E-state index in [0.717, 1.165) is 17.3 Å². The van der Waals surface area contributed by atoms with Gasteiger partial charge in [-0.25, -0.2) is 4.79 Å². The number of benzene rings is 1. The van der Waals surface area contributed by atoms with Gasteiger partial charge in [0.15, 0.2) is 0 Å². The molecule has 0 unspecified atom stereocenters. The third kappa shape index (κ3) is 4.23. The fourth-order valence-corrected chi connectivity index (χ4v) is 1.61. The number of hydrogen-bond donors (Lipinski definition) is 1. The number of esters is 1. The van der Waals surface area contributed by atoms with E-state index in [1.165, 1.54) is 0 Å². The van der Waals surface area contributed by atoms with E-state index in [1.807, 2.05) is 18.2 Å². The average molecular weight is 298 g/mol. The lowest BCUT2D eigenvalue weighted by Gasteiger charge is -2.06. The average Bonchev–Trinajstić information content (AvgIpc) is 2.32. The lowest BCUT2D eigenvalue weighted by atomic mass is 10.1. The highest BCUT2D eigenvalue weighted by atomic mass is 79.9. The molecular formula is C13H16BrNO2. The maximum atomic E-state index is 11.6. The molecule has 0 atom stereocenters. The summed E-state index contributed by atoms with van der Waals surface area (Å²) in [5.74, 6) is -0.374. The van der Waals surface area contributed by atoms with Crippen molar-refractivity contribution < 1.29 is 9.53 Å². The van der Waals surface area contributed by atoms with Gasteiger partial charge in [-0.3, -0.25) is 0 Å². The molecule has 0 aliphatic heterocycles. The highest BCUT2D eigenvalue weighted by molar-refractivity contribution is 9.09. The van der Waals surface area contributed by atoms with Gasteiger partial charge in [0.1, 0.15) is 0 Å². The summed E-state index contributed by atoms with van der Waals surface area (Å²) in [6.45, 7) is 2.12. The van der Waals surface area contributed by atoms with Crippen LogP contribution in [0.3, 0.4) is 0 Å². The Morgan fingerprint density at radius 1 is 1.53 bits per heavy atom. The van der Waals surface area contributed by atoms with Gasteiger partial charge in [-0.05, 0) is 31.0 Å². The van der Waals surface area contributed by atoms with Gasteiger partial charge in [0.05, 0.1) is 12.2 Å². The summed E-state index contributed by atoms with van der Waals surface area (Å²) in [6, 6.07) is 5.35. The molecule has 0 saturated carbocycles. The van der Waals surface area contributed by atoms with E-state index in [1.54, 1.807) is 19.1 Å². The largest absolute Gasteiger partial charge is 0.462 e. The van der Waals surface area contributed by atoms with E-state index in [4.69, 9.17) is 10.5 Å². The van der Waals surface area contributed by atoms with Crippen molar-refractivity contribution in [2.45, 2.75) is 13.3 Å². The van der Waals surface area contributed by atoms with Crippen LogP contribution in [-0.4, -0.2) is 17.9 Å². The summed E-state index contributed by atoms with van der Waals surface area (Å²) >= 11 is 3.35. The molecule has 0 heterocycles. The van der Waals surface area contributed by atoms with Gasteiger partial charge in [0.25, 0.3) is 0 Å². The van der Waals surface area contributed by atoms with Crippen LogP contribution >= 0.6 is 15.9 Å². The molecule has 0 saturated heterocycles. The van der Waals surface area contributed by atoms with Crippen LogP contribution < -0.4 is 5.73 Å². The Hall–Kier alpha value is -1.29. The van der Waals surface area contributed by atoms with Gasteiger partial charge < -0.3 is 10.5 Å². The number of ether oxygens (including phenoxy) is 1. The van der Waals surface area contributed by atoms with Crippen molar-refractivity contribution in [3.63, 3.8) is 0 Å². The lowest BCUT2D eigenvalue weighted by Crippen LogP contribution is -2.08. The molecule has 0 aliphatic rings. The molecule has 1 rings (SSSR count). The molecule has 1 aromatic rings. The Morgan fingerprint density at radius 2 is 2.29 bits per heavy atom. The van der Waals surface area contributed by atoms with E-state index in [9.17, 15) is 4.79 Å². The second kappa shape index (κ2) is 7.12. The maximum absolute atomic E-state index is 11.6. The van der Waals surface area contributed by atoms with Gasteiger partial charge in [0.2, 0.25) is 0 Å². The topological polar surface area (TPSA) is 52.3 Å². The Kier molecular flexibility index (Phi) is 5.77. The monoisotopic (exact) mass is 297 g/mol. The number of nitrogen functional groups attached to an aromatic ring is 1. The van der Waals surface area contributed by atoms with Crippen LogP contribution in [-0.2, 0) is 4.74 Å². The van der Waals surface area contributed by atoms with Gasteiger partial charge >= 0.3 is 5.97 Å². The minimum Gasteiger partial charge on any atom is -0.462 e. The molecule has 0 radical (unpaired) electrons. The molecule has 92 valence electrons. The zero-order valence-corrected chi connectivity index (χ0v) is 11.4. The van der Waals surface area contributed by atoms with Crippen LogP contribution in [0.15, 0.2) is 24.3 Å². The van der Waals surface area contributed by atoms with Gasteiger partial charge in [-0.15, -0.1) is 0 Å². The first kappa shape index (κ1) is 13.8. The summed E-state index contributed by atoms with van der Waals surface area (Å²) in [7, 11) is 0. The predicted molar refractivity (Wildman–Crippen MR) is 74.3 cm³/mol. The molecule has 4 heteroatoms. The maximum Gasteiger partial charge on any atom is 0.340 e. The third-order valence-corrected chi connectivity index (χ3v) is 2.62. The minimum atomic E-state index is -0.374. The number of anilines is 1. The number of alkyl halides is 1. The van der Waals surface area contributed by atoms with Crippen LogP contribution in [0.5, 0.6) is 0 Å². The number of rotatable bonds is 5. The van der Waals surface area contributed by atoms with E-state index < -0.39 is 0 Å². The zero-order chi connectivity index (χ0) is 12.7. The molecule has 0 spiro atoms. The molecular weight excluding hydrogens is 282 g/mol. The molecule has 0 bridgehead atoms.